The lowest BCUT2D eigenvalue weighted by molar-refractivity contribution is 0.748. The molecule has 0 aromatic carbocycles. The van der Waals surface area contributed by atoms with Crippen molar-refractivity contribution in [3.05, 3.63) is 12.4 Å². The molecule has 1 fully saturated rings. The minimum atomic E-state index is 0.565. The highest BCUT2D eigenvalue weighted by Crippen LogP contribution is 2.30. The van der Waals surface area contributed by atoms with E-state index in [1.807, 2.05) is 0 Å². The first-order chi connectivity index (χ1) is 7.90. The molecule has 0 radical (unpaired) electrons. The maximum absolute atomic E-state index is 5.82. The third-order valence-corrected chi connectivity index (χ3v) is 2.87. The zero-order valence-corrected chi connectivity index (χ0v) is 9.38. The molecule has 0 atom stereocenters. The molecule has 1 saturated carbocycles. The van der Waals surface area contributed by atoms with Crippen molar-refractivity contribution in [2.45, 2.75) is 18.9 Å². The molecule has 0 N–H and O–H groups in total. The summed E-state index contributed by atoms with van der Waals surface area (Å²) in [5.74, 6) is 1.51. The zero-order chi connectivity index (χ0) is 11.0. The topological polar surface area (TPSA) is 59.2 Å². The van der Waals surface area contributed by atoms with Crippen LogP contribution in [0.5, 0.6) is 0 Å². The van der Waals surface area contributed by atoms with Crippen LogP contribution in [0.1, 0.15) is 12.8 Å². The van der Waals surface area contributed by atoms with Crippen LogP contribution >= 0.6 is 11.6 Å². The normalized spacial score (nSPS) is 15.6. The van der Waals surface area contributed by atoms with E-state index < -0.39 is 0 Å². The first-order valence-electron chi connectivity index (χ1n) is 5.25. The number of anilines is 1. The second-order valence-corrected chi connectivity index (χ2v) is 4.21. The van der Waals surface area contributed by atoms with Crippen LogP contribution in [-0.2, 0) is 0 Å². The van der Waals surface area contributed by atoms with Gasteiger partial charge in [-0.1, -0.05) is 0 Å². The molecule has 0 unspecified atom stereocenters. The van der Waals surface area contributed by atoms with Crippen LogP contribution in [0, 0.1) is 0 Å². The predicted octanol–water partition coefficient (Wildman–Crippen LogP) is 0.727. The molecule has 1 aliphatic carbocycles. The van der Waals surface area contributed by atoms with Gasteiger partial charge in [-0.15, -0.1) is 16.7 Å². The van der Waals surface area contributed by atoms with Crippen molar-refractivity contribution in [2.75, 3.05) is 17.3 Å². The van der Waals surface area contributed by atoms with Crippen molar-refractivity contribution >= 4 is 23.1 Å². The van der Waals surface area contributed by atoms with Gasteiger partial charge in [-0.05, 0) is 23.3 Å². The number of alkyl halides is 1. The number of tetrazole rings is 1. The average Bonchev–Trinajstić information content (AvgIpc) is 3.02. The molecule has 0 aliphatic heterocycles. The van der Waals surface area contributed by atoms with Gasteiger partial charge in [-0.2, -0.15) is 4.52 Å². The van der Waals surface area contributed by atoms with Crippen molar-refractivity contribution in [1.29, 1.82) is 0 Å². The van der Waals surface area contributed by atoms with Gasteiger partial charge in [0.1, 0.15) is 0 Å². The summed E-state index contributed by atoms with van der Waals surface area (Å²) in [4.78, 5) is 6.38. The van der Waals surface area contributed by atoms with Gasteiger partial charge < -0.3 is 4.90 Å². The molecule has 3 rings (SSSR count). The van der Waals surface area contributed by atoms with Crippen LogP contribution in [0.15, 0.2) is 12.4 Å². The summed E-state index contributed by atoms with van der Waals surface area (Å²) in [5, 5.41) is 11.5. The molecule has 16 heavy (non-hydrogen) atoms. The summed E-state index contributed by atoms with van der Waals surface area (Å²) in [7, 11) is 0. The Balaban J connectivity index is 2.04. The van der Waals surface area contributed by atoms with Gasteiger partial charge in [0.05, 0.1) is 12.4 Å². The van der Waals surface area contributed by atoms with Crippen molar-refractivity contribution in [3.63, 3.8) is 0 Å². The van der Waals surface area contributed by atoms with Crippen LogP contribution in [0.4, 0.5) is 5.82 Å². The Morgan fingerprint density at radius 2 is 2.31 bits per heavy atom. The lowest BCUT2D eigenvalue weighted by atomic mass is 10.4. The van der Waals surface area contributed by atoms with Gasteiger partial charge >= 0.3 is 0 Å². The molecule has 0 bridgehead atoms. The summed E-state index contributed by atoms with van der Waals surface area (Å²) in [6, 6.07) is 0.565. The number of hydrogen-bond acceptors (Lipinski definition) is 5. The third kappa shape index (κ3) is 1.59. The Kier molecular flexibility index (Phi) is 2.36. The quantitative estimate of drug-likeness (QED) is 0.735. The second-order valence-electron chi connectivity index (χ2n) is 3.83. The van der Waals surface area contributed by atoms with E-state index in [0.29, 0.717) is 17.6 Å². The Bertz CT molecular complexity index is 493. The molecule has 0 saturated heterocycles. The van der Waals surface area contributed by atoms with E-state index >= 15 is 0 Å². The van der Waals surface area contributed by atoms with Crippen LogP contribution in [0.2, 0.25) is 0 Å². The Labute approximate surface area is 97.2 Å². The average molecular weight is 239 g/mol. The molecule has 6 nitrogen and oxygen atoms in total. The lowest BCUT2D eigenvalue weighted by Gasteiger charge is -2.22. The maximum atomic E-state index is 5.82. The third-order valence-electron chi connectivity index (χ3n) is 2.70. The van der Waals surface area contributed by atoms with Crippen molar-refractivity contribution in [1.82, 2.24) is 25.0 Å². The van der Waals surface area contributed by atoms with Gasteiger partial charge in [0.25, 0.3) is 0 Å². The minimum Gasteiger partial charge on any atom is -0.351 e. The fourth-order valence-corrected chi connectivity index (χ4v) is 2.00. The largest absolute Gasteiger partial charge is 0.351 e. The van der Waals surface area contributed by atoms with E-state index in [9.17, 15) is 0 Å². The lowest BCUT2D eigenvalue weighted by Crippen LogP contribution is -2.30. The number of hydrogen-bond donors (Lipinski definition) is 0. The van der Waals surface area contributed by atoms with Crippen molar-refractivity contribution < 1.29 is 0 Å². The molecule has 2 aromatic heterocycles. The highest BCUT2D eigenvalue weighted by atomic mass is 35.5. The van der Waals surface area contributed by atoms with Gasteiger partial charge in [0, 0.05) is 18.5 Å². The minimum absolute atomic E-state index is 0.565. The first-order valence-corrected chi connectivity index (χ1v) is 5.78. The Hall–Kier alpha value is -1.43. The number of aromatic nitrogens is 5. The molecule has 0 spiro atoms. The van der Waals surface area contributed by atoms with Crippen LogP contribution in [0.25, 0.3) is 5.65 Å². The molecule has 0 amide bonds. The van der Waals surface area contributed by atoms with E-state index in [4.69, 9.17) is 11.6 Å². The molecule has 1 aliphatic rings. The SMILES string of the molecule is ClCCN(c1cncc2nnnn12)C1CC1. The fourth-order valence-electron chi connectivity index (χ4n) is 1.82. The molecular weight excluding hydrogens is 228 g/mol. The van der Waals surface area contributed by atoms with E-state index in [2.05, 4.69) is 25.4 Å². The van der Waals surface area contributed by atoms with Gasteiger partial charge in [-0.25, -0.2) is 0 Å². The highest BCUT2D eigenvalue weighted by Gasteiger charge is 2.30. The van der Waals surface area contributed by atoms with Gasteiger partial charge in [0.15, 0.2) is 11.5 Å². The molecular formula is C9H11ClN6. The summed E-state index contributed by atoms with van der Waals surface area (Å²) < 4.78 is 1.71. The van der Waals surface area contributed by atoms with Crippen LogP contribution in [-0.4, -0.2) is 43.5 Å². The van der Waals surface area contributed by atoms with Crippen molar-refractivity contribution in [3.8, 4) is 0 Å². The summed E-state index contributed by atoms with van der Waals surface area (Å²) in [6.07, 6.45) is 5.84. The van der Waals surface area contributed by atoms with Crippen LogP contribution in [0.3, 0.4) is 0 Å². The van der Waals surface area contributed by atoms with E-state index in [1.54, 1.807) is 16.9 Å². The highest BCUT2D eigenvalue weighted by molar-refractivity contribution is 6.18. The molecule has 2 heterocycles. The smallest absolute Gasteiger partial charge is 0.199 e. The fraction of sp³-hybridized carbons (Fsp3) is 0.556. The number of rotatable bonds is 4. The van der Waals surface area contributed by atoms with Crippen LogP contribution < -0.4 is 4.90 Å². The predicted molar refractivity (Wildman–Crippen MR) is 59.7 cm³/mol. The monoisotopic (exact) mass is 238 g/mol. The first kappa shape index (κ1) is 9.77. The summed E-state index contributed by atoms with van der Waals surface area (Å²) in [6.45, 7) is 0.798. The molecule has 2 aromatic rings. The Morgan fingerprint density at radius 3 is 3.06 bits per heavy atom. The summed E-state index contributed by atoms with van der Waals surface area (Å²) in [5.41, 5.74) is 0.665. The molecule has 7 heteroatoms. The van der Waals surface area contributed by atoms with Crippen molar-refractivity contribution in [2.24, 2.45) is 0 Å². The second kappa shape index (κ2) is 3.86. The van der Waals surface area contributed by atoms with Gasteiger partial charge in [-0.3, -0.25) is 4.98 Å². The summed E-state index contributed by atoms with van der Waals surface area (Å²) >= 11 is 5.82. The number of fused-ring (bicyclic) bond motifs is 1. The Morgan fingerprint density at radius 1 is 1.44 bits per heavy atom. The van der Waals surface area contributed by atoms with E-state index in [1.165, 1.54) is 12.8 Å². The van der Waals surface area contributed by atoms with E-state index in [0.717, 1.165) is 12.4 Å². The zero-order valence-electron chi connectivity index (χ0n) is 8.62. The molecule has 84 valence electrons. The number of halogens is 1. The standard InChI is InChI=1S/C9H11ClN6/c10-3-4-15(7-1-2-7)9-6-11-5-8-12-13-14-16(8)9/h5-7H,1-4H2. The van der Waals surface area contributed by atoms with Gasteiger partial charge in [0.2, 0.25) is 0 Å². The maximum Gasteiger partial charge on any atom is 0.199 e. The van der Waals surface area contributed by atoms with E-state index in [-0.39, 0.29) is 0 Å². The number of nitrogens with zero attached hydrogens (tertiary/aromatic N) is 6.